The van der Waals surface area contributed by atoms with E-state index in [9.17, 15) is 8.42 Å². The molecule has 118 valence electrons. The monoisotopic (exact) mass is 384 g/mol. The summed E-state index contributed by atoms with van der Waals surface area (Å²) in [6.07, 6.45) is 1.61. The first kappa shape index (κ1) is 15.6. The first-order chi connectivity index (χ1) is 10.5. The molecule has 1 aromatic carbocycles. The van der Waals surface area contributed by atoms with Crippen molar-refractivity contribution >= 4 is 26.0 Å². The summed E-state index contributed by atoms with van der Waals surface area (Å²) in [4.78, 5) is 0. The average Bonchev–Trinajstić information content (AvgIpc) is 3.08. The van der Waals surface area contributed by atoms with Gasteiger partial charge in [0, 0.05) is 13.6 Å². The van der Waals surface area contributed by atoms with Gasteiger partial charge in [0.1, 0.15) is 0 Å². The van der Waals surface area contributed by atoms with E-state index >= 15 is 0 Å². The van der Waals surface area contributed by atoms with Gasteiger partial charge in [-0.2, -0.15) is 4.31 Å². The predicted molar refractivity (Wildman–Crippen MR) is 86.4 cm³/mol. The molecule has 2 heterocycles. The summed E-state index contributed by atoms with van der Waals surface area (Å²) in [7, 11) is -1.55. The van der Waals surface area contributed by atoms with Gasteiger partial charge in [-0.1, -0.05) is 30.3 Å². The molecule has 1 saturated heterocycles. The Labute approximate surface area is 138 Å². The van der Waals surface area contributed by atoms with Gasteiger partial charge < -0.3 is 4.57 Å². The van der Waals surface area contributed by atoms with Crippen LogP contribution in [0, 0.1) is 0 Å². The fourth-order valence-electron chi connectivity index (χ4n) is 2.81. The van der Waals surface area contributed by atoms with Crippen LogP contribution < -0.4 is 0 Å². The van der Waals surface area contributed by atoms with Crippen molar-refractivity contribution in [3.05, 3.63) is 46.5 Å². The third-order valence-corrected chi connectivity index (χ3v) is 6.45. The Kier molecular flexibility index (Phi) is 4.33. The molecule has 0 N–H and O–H groups in total. The van der Waals surface area contributed by atoms with E-state index in [1.807, 2.05) is 37.4 Å². The first-order valence-electron chi connectivity index (χ1n) is 7.07. The number of nitrogens with zero attached hydrogens (tertiary/aromatic N) is 4. The smallest absolute Gasteiger partial charge is 0.218 e. The molecule has 2 aromatic rings. The summed E-state index contributed by atoms with van der Waals surface area (Å²) in [5.74, 6) is 0.699. The Morgan fingerprint density at radius 3 is 2.64 bits per heavy atom. The standard InChI is InChI=1S/C14H17BrN4O2S/c1-18-13(16-17-14(18)15)12-8-5-9-19(12)22(20,21)10-11-6-3-2-4-7-11/h2-4,6-7,12H,5,8-10H2,1H3/t12-/m0/s1. The summed E-state index contributed by atoms with van der Waals surface area (Å²) in [5, 5.41) is 8.10. The lowest BCUT2D eigenvalue weighted by Gasteiger charge is -2.23. The number of rotatable bonds is 4. The van der Waals surface area contributed by atoms with Crippen molar-refractivity contribution in [2.24, 2.45) is 7.05 Å². The van der Waals surface area contributed by atoms with E-state index in [-0.39, 0.29) is 11.8 Å². The van der Waals surface area contributed by atoms with Crippen LogP contribution in [0.3, 0.4) is 0 Å². The minimum absolute atomic E-state index is 0.0172. The zero-order valence-corrected chi connectivity index (χ0v) is 14.6. The largest absolute Gasteiger partial charge is 0.307 e. The van der Waals surface area contributed by atoms with Crippen LogP contribution in [0.4, 0.5) is 0 Å². The van der Waals surface area contributed by atoms with E-state index in [1.165, 1.54) is 0 Å². The van der Waals surface area contributed by atoms with Gasteiger partial charge in [-0.3, -0.25) is 0 Å². The SMILES string of the molecule is Cn1c(Br)nnc1[C@@H]1CCCN1S(=O)(=O)Cc1ccccc1. The summed E-state index contributed by atoms with van der Waals surface area (Å²) in [5.41, 5.74) is 0.798. The van der Waals surface area contributed by atoms with Gasteiger partial charge in [0.05, 0.1) is 11.8 Å². The second-order valence-electron chi connectivity index (χ2n) is 5.40. The summed E-state index contributed by atoms with van der Waals surface area (Å²) in [6.45, 7) is 0.532. The highest BCUT2D eigenvalue weighted by Crippen LogP contribution is 2.34. The molecule has 0 bridgehead atoms. The highest BCUT2D eigenvalue weighted by atomic mass is 79.9. The molecule has 0 unspecified atom stereocenters. The Bertz CT molecular complexity index is 760. The molecule has 0 spiro atoms. The van der Waals surface area contributed by atoms with Gasteiger partial charge in [0.15, 0.2) is 10.6 Å². The summed E-state index contributed by atoms with van der Waals surface area (Å²) in [6, 6.07) is 9.02. The van der Waals surface area contributed by atoms with Gasteiger partial charge in [-0.05, 0) is 34.3 Å². The van der Waals surface area contributed by atoms with Crippen molar-refractivity contribution in [2.45, 2.75) is 24.6 Å². The van der Waals surface area contributed by atoms with Crippen LogP contribution >= 0.6 is 15.9 Å². The molecule has 0 aliphatic carbocycles. The van der Waals surface area contributed by atoms with Crippen LogP contribution in [-0.4, -0.2) is 34.0 Å². The lowest BCUT2D eigenvalue weighted by molar-refractivity contribution is 0.375. The Morgan fingerprint density at radius 2 is 2.00 bits per heavy atom. The zero-order chi connectivity index (χ0) is 15.7. The van der Waals surface area contributed by atoms with Crippen LogP contribution in [-0.2, 0) is 22.8 Å². The van der Waals surface area contributed by atoms with E-state index in [0.29, 0.717) is 17.1 Å². The molecule has 1 aliphatic heterocycles. The van der Waals surface area contributed by atoms with Gasteiger partial charge in [0.25, 0.3) is 0 Å². The molecular weight excluding hydrogens is 368 g/mol. The highest BCUT2D eigenvalue weighted by molar-refractivity contribution is 9.10. The van der Waals surface area contributed by atoms with E-state index in [0.717, 1.165) is 18.4 Å². The van der Waals surface area contributed by atoms with Crippen LogP contribution in [0.15, 0.2) is 35.1 Å². The molecule has 1 fully saturated rings. The molecule has 0 saturated carbocycles. The fraction of sp³-hybridized carbons (Fsp3) is 0.429. The number of hydrogen-bond acceptors (Lipinski definition) is 4. The van der Waals surface area contributed by atoms with Crippen molar-refractivity contribution in [1.29, 1.82) is 0 Å². The van der Waals surface area contributed by atoms with Crippen molar-refractivity contribution in [3.8, 4) is 0 Å². The quantitative estimate of drug-likeness (QED) is 0.810. The van der Waals surface area contributed by atoms with E-state index < -0.39 is 10.0 Å². The van der Waals surface area contributed by atoms with Crippen molar-refractivity contribution < 1.29 is 8.42 Å². The van der Waals surface area contributed by atoms with Crippen LogP contribution in [0.25, 0.3) is 0 Å². The number of hydrogen-bond donors (Lipinski definition) is 0. The number of halogens is 1. The predicted octanol–water partition coefficient (Wildman–Crippen LogP) is 2.24. The lowest BCUT2D eigenvalue weighted by atomic mass is 10.2. The van der Waals surface area contributed by atoms with Gasteiger partial charge in [0.2, 0.25) is 10.0 Å². The van der Waals surface area contributed by atoms with Crippen molar-refractivity contribution in [3.63, 3.8) is 0 Å². The maximum Gasteiger partial charge on any atom is 0.218 e. The third-order valence-electron chi connectivity index (χ3n) is 3.91. The van der Waals surface area contributed by atoms with E-state index in [1.54, 1.807) is 8.87 Å². The summed E-state index contributed by atoms with van der Waals surface area (Å²) >= 11 is 3.31. The minimum Gasteiger partial charge on any atom is -0.307 e. The minimum atomic E-state index is -3.38. The third kappa shape index (κ3) is 2.95. The summed E-state index contributed by atoms with van der Waals surface area (Å²) < 4.78 is 29.5. The maximum atomic E-state index is 12.8. The molecule has 1 aliphatic rings. The van der Waals surface area contributed by atoms with Crippen molar-refractivity contribution in [1.82, 2.24) is 19.1 Å². The molecule has 6 nitrogen and oxygen atoms in total. The van der Waals surface area contributed by atoms with Gasteiger partial charge in [-0.15, -0.1) is 10.2 Å². The molecule has 8 heteroatoms. The molecule has 1 atom stereocenters. The first-order valence-corrected chi connectivity index (χ1v) is 9.47. The Hall–Kier alpha value is -1.25. The molecule has 3 rings (SSSR count). The van der Waals surface area contributed by atoms with E-state index in [4.69, 9.17) is 0 Å². The molecule has 22 heavy (non-hydrogen) atoms. The molecule has 0 radical (unpaired) electrons. The Balaban J connectivity index is 1.88. The topological polar surface area (TPSA) is 68.1 Å². The van der Waals surface area contributed by atoms with Gasteiger partial charge >= 0.3 is 0 Å². The van der Waals surface area contributed by atoms with E-state index in [2.05, 4.69) is 26.1 Å². The second-order valence-corrected chi connectivity index (χ2v) is 8.03. The second kappa shape index (κ2) is 6.10. The van der Waals surface area contributed by atoms with Crippen LogP contribution in [0.2, 0.25) is 0 Å². The average molecular weight is 385 g/mol. The number of sulfonamides is 1. The highest BCUT2D eigenvalue weighted by Gasteiger charge is 2.37. The van der Waals surface area contributed by atoms with Crippen LogP contribution in [0.5, 0.6) is 0 Å². The fourth-order valence-corrected chi connectivity index (χ4v) is 4.85. The lowest BCUT2D eigenvalue weighted by Crippen LogP contribution is -2.33. The number of benzene rings is 1. The number of aromatic nitrogens is 3. The van der Waals surface area contributed by atoms with Crippen LogP contribution in [0.1, 0.15) is 30.3 Å². The zero-order valence-electron chi connectivity index (χ0n) is 12.2. The maximum absolute atomic E-state index is 12.8. The molecular formula is C14H17BrN4O2S. The van der Waals surface area contributed by atoms with Gasteiger partial charge in [-0.25, -0.2) is 8.42 Å². The van der Waals surface area contributed by atoms with Crippen molar-refractivity contribution in [2.75, 3.05) is 6.54 Å². The molecule has 1 aromatic heterocycles. The normalized spacial score (nSPS) is 19.6. The Morgan fingerprint density at radius 1 is 1.27 bits per heavy atom. The molecule has 0 amide bonds.